The molecule has 1 amide bonds. The van der Waals surface area contributed by atoms with Crippen LogP contribution in [0.25, 0.3) is 0 Å². The molecule has 0 aliphatic rings. The second-order valence-corrected chi connectivity index (χ2v) is 3.12. The van der Waals surface area contributed by atoms with Crippen molar-refractivity contribution in [1.82, 2.24) is 0 Å². The number of ketones is 1. The van der Waals surface area contributed by atoms with Gasteiger partial charge in [-0.1, -0.05) is 12.1 Å². The van der Waals surface area contributed by atoms with Gasteiger partial charge in [-0.15, -0.1) is 0 Å². The van der Waals surface area contributed by atoms with Gasteiger partial charge in [-0.05, 0) is 19.1 Å². The van der Waals surface area contributed by atoms with Crippen LogP contribution in [0.2, 0.25) is 0 Å². The molecule has 0 atom stereocenters. The van der Waals surface area contributed by atoms with Gasteiger partial charge >= 0.3 is 0 Å². The molecule has 0 bridgehead atoms. The third-order valence-corrected chi connectivity index (χ3v) is 1.83. The fourth-order valence-electron chi connectivity index (χ4n) is 1.14. The van der Waals surface area contributed by atoms with Crippen LogP contribution < -0.4 is 5.32 Å². The van der Waals surface area contributed by atoms with Crippen molar-refractivity contribution in [2.45, 2.75) is 6.92 Å². The first-order valence-electron chi connectivity index (χ1n) is 4.53. The van der Waals surface area contributed by atoms with Gasteiger partial charge in [0.05, 0.1) is 0 Å². The van der Waals surface area contributed by atoms with E-state index in [4.69, 9.17) is 0 Å². The van der Waals surface area contributed by atoms with Crippen molar-refractivity contribution < 1.29 is 14.3 Å². The highest BCUT2D eigenvalue weighted by atomic mass is 16.5. The smallest absolute Gasteiger partial charge is 0.250 e. The second kappa shape index (κ2) is 5.26. The summed E-state index contributed by atoms with van der Waals surface area (Å²) in [5.74, 6) is -0.268. The zero-order valence-electron chi connectivity index (χ0n) is 8.74. The summed E-state index contributed by atoms with van der Waals surface area (Å²) in [6.45, 7) is 1.49. The van der Waals surface area contributed by atoms with E-state index in [0.29, 0.717) is 11.3 Å². The molecule has 0 aliphatic carbocycles. The lowest BCUT2D eigenvalue weighted by Gasteiger charge is -2.05. The Morgan fingerprint density at radius 3 is 2.73 bits per heavy atom. The summed E-state index contributed by atoms with van der Waals surface area (Å²) in [5.41, 5.74) is 1.18. The molecule has 0 saturated carbocycles. The van der Waals surface area contributed by atoms with E-state index < -0.39 is 0 Å². The molecule has 0 unspecified atom stereocenters. The minimum Gasteiger partial charge on any atom is -0.375 e. The minimum atomic E-state index is -0.238. The first-order chi connectivity index (χ1) is 7.13. The normalized spacial score (nSPS) is 9.73. The van der Waals surface area contributed by atoms with Crippen LogP contribution in [-0.2, 0) is 9.53 Å². The van der Waals surface area contributed by atoms with Crippen LogP contribution in [0.15, 0.2) is 24.3 Å². The molecule has 80 valence electrons. The average Bonchev–Trinajstić information content (AvgIpc) is 2.18. The van der Waals surface area contributed by atoms with Crippen LogP contribution in [0.3, 0.4) is 0 Å². The van der Waals surface area contributed by atoms with Crippen molar-refractivity contribution in [2.75, 3.05) is 19.0 Å². The van der Waals surface area contributed by atoms with Crippen LogP contribution in [0.4, 0.5) is 5.69 Å². The van der Waals surface area contributed by atoms with Gasteiger partial charge in [-0.25, -0.2) is 0 Å². The highest BCUT2D eigenvalue weighted by Gasteiger charge is 2.03. The Morgan fingerprint density at radius 2 is 2.13 bits per heavy atom. The number of anilines is 1. The lowest BCUT2D eigenvalue weighted by Crippen LogP contribution is -2.17. The van der Waals surface area contributed by atoms with Crippen LogP contribution >= 0.6 is 0 Å². The number of ether oxygens (including phenoxy) is 1. The van der Waals surface area contributed by atoms with E-state index in [2.05, 4.69) is 10.1 Å². The predicted molar refractivity (Wildman–Crippen MR) is 57.0 cm³/mol. The van der Waals surface area contributed by atoms with Crippen molar-refractivity contribution in [2.24, 2.45) is 0 Å². The maximum atomic E-state index is 11.2. The Labute approximate surface area is 88.2 Å². The maximum Gasteiger partial charge on any atom is 0.250 e. The average molecular weight is 207 g/mol. The Bertz CT molecular complexity index is 374. The fraction of sp³-hybridized carbons (Fsp3) is 0.273. The van der Waals surface area contributed by atoms with Crippen molar-refractivity contribution >= 4 is 17.4 Å². The molecule has 4 nitrogen and oxygen atoms in total. The standard InChI is InChI=1S/C11H13NO3/c1-8(13)9-4-3-5-10(6-9)12-11(14)7-15-2/h3-6H,7H2,1-2H3,(H,12,14). The molecule has 1 aromatic carbocycles. The van der Waals surface area contributed by atoms with Crippen LogP contribution in [0, 0.1) is 0 Å². The molecule has 4 heteroatoms. The van der Waals surface area contributed by atoms with Gasteiger partial charge in [0.1, 0.15) is 6.61 Å². The molecule has 1 N–H and O–H groups in total. The Morgan fingerprint density at radius 1 is 1.40 bits per heavy atom. The van der Waals surface area contributed by atoms with Gasteiger partial charge in [-0.2, -0.15) is 0 Å². The molecule has 1 rings (SSSR count). The maximum absolute atomic E-state index is 11.2. The third kappa shape index (κ3) is 3.52. The van der Waals surface area contributed by atoms with Gasteiger partial charge < -0.3 is 10.1 Å². The van der Waals surface area contributed by atoms with Crippen molar-refractivity contribution in [3.63, 3.8) is 0 Å². The highest BCUT2D eigenvalue weighted by molar-refractivity contribution is 5.97. The Hall–Kier alpha value is -1.68. The summed E-state index contributed by atoms with van der Waals surface area (Å²) in [5, 5.41) is 2.62. The summed E-state index contributed by atoms with van der Waals surface area (Å²) in [6, 6.07) is 6.78. The zero-order chi connectivity index (χ0) is 11.3. The molecule has 0 aliphatic heterocycles. The van der Waals surface area contributed by atoms with E-state index in [1.54, 1.807) is 24.3 Å². The van der Waals surface area contributed by atoms with Crippen LogP contribution in [-0.4, -0.2) is 25.4 Å². The zero-order valence-corrected chi connectivity index (χ0v) is 8.74. The summed E-state index contributed by atoms with van der Waals surface area (Å²) in [7, 11) is 1.45. The third-order valence-electron chi connectivity index (χ3n) is 1.83. The monoisotopic (exact) mass is 207 g/mol. The molecule has 0 aromatic heterocycles. The molecule has 0 saturated heterocycles. The SMILES string of the molecule is COCC(=O)Nc1cccc(C(C)=O)c1. The lowest BCUT2D eigenvalue weighted by molar-refractivity contribution is -0.119. The number of Topliss-reactive ketones (excluding diaryl/α,β-unsaturated/α-hetero) is 1. The molecule has 0 heterocycles. The number of rotatable bonds is 4. The molecule has 0 fully saturated rings. The predicted octanol–water partition coefficient (Wildman–Crippen LogP) is 1.47. The summed E-state index contributed by atoms with van der Waals surface area (Å²) < 4.78 is 4.67. The number of benzene rings is 1. The number of hydrogen-bond acceptors (Lipinski definition) is 3. The molecule has 0 radical (unpaired) electrons. The van der Waals surface area contributed by atoms with Gasteiger partial charge in [0, 0.05) is 18.4 Å². The number of carbonyl (C=O) groups is 2. The van der Waals surface area contributed by atoms with Gasteiger partial charge in [0.25, 0.3) is 0 Å². The number of carbonyl (C=O) groups excluding carboxylic acids is 2. The van der Waals surface area contributed by atoms with Gasteiger partial charge in [0.2, 0.25) is 5.91 Å². The van der Waals surface area contributed by atoms with Crippen LogP contribution in [0.5, 0.6) is 0 Å². The lowest BCUT2D eigenvalue weighted by atomic mass is 10.1. The first kappa shape index (κ1) is 11.4. The quantitative estimate of drug-likeness (QED) is 0.761. The largest absolute Gasteiger partial charge is 0.375 e. The van der Waals surface area contributed by atoms with E-state index in [1.165, 1.54) is 14.0 Å². The number of nitrogens with one attached hydrogen (secondary N) is 1. The van der Waals surface area contributed by atoms with E-state index in [9.17, 15) is 9.59 Å². The van der Waals surface area contributed by atoms with E-state index in [-0.39, 0.29) is 18.3 Å². The van der Waals surface area contributed by atoms with Crippen LogP contribution in [0.1, 0.15) is 17.3 Å². The second-order valence-electron chi connectivity index (χ2n) is 3.12. The minimum absolute atomic E-state index is 0.00426. The molecule has 15 heavy (non-hydrogen) atoms. The van der Waals surface area contributed by atoms with E-state index >= 15 is 0 Å². The molecule has 0 spiro atoms. The van der Waals surface area contributed by atoms with E-state index in [0.717, 1.165) is 0 Å². The summed E-state index contributed by atoms with van der Waals surface area (Å²) in [6.07, 6.45) is 0. The fourth-order valence-corrected chi connectivity index (χ4v) is 1.14. The number of amides is 1. The highest BCUT2D eigenvalue weighted by Crippen LogP contribution is 2.10. The molecular weight excluding hydrogens is 194 g/mol. The molecule has 1 aromatic rings. The Balaban J connectivity index is 2.73. The van der Waals surface area contributed by atoms with Gasteiger partial charge in [-0.3, -0.25) is 9.59 Å². The number of hydrogen-bond donors (Lipinski definition) is 1. The Kier molecular flexibility index (Phi) is 4.00. The molecular formula is C11H13NO3. The summed E-state index contributed by atoms with van der Waals surface area (Å²) >= 11 is 0. The topological polar surface area (TPSA) is 55.4 Å². The van der Waals surface area contributed by atoms with Crippen molar-refractivity contribution in [3.05, 3.63) is 29.8 Å². The van der Waals surface area contributed by atoms with E-state index in [1.807, 2.05) is 0 Å². The van der Waals surface area contributed by atoms with Gasteiger partial charge in [0.15, 0.2) is 5.78 Å². The first-order valence-corrected chi connectivity index (χ1v) is 4.53. The number of methoxy groups -OCH3 is 1. The van der Waals surface area contributed by atoms with Crippen molar-refractivity contribution in [1.29, 1.82) is 0 Å². The summed E-state index contributed by atoms with van der Waals surface area (Å²) in [4.78, 5) is 22.2. The van der Waals surface area contributed by atoms with Crippen molar-refractivity contribution in [3.8, 4) is 0 Å².